The molecule has 0 bridgehead atoms. The first-order chi connectivity index (χ1) is 6.33. The summed E-state index contributed by atoms with van der Waals surface area (Å²) in [5.74, 6) is -0.767. The van der Waals surface area contributed by atoms with Crippen molar-refractivity contribution in [1.29, 1.82) is 0 Å². The Hall–Kier alpha value is 0.570. The zero-order valence-corrected chi connectivity index (χ0v) is 10.9. The minimum atomic E-state index is -1.50. The van der Waals surface area contributed by atoms with Crippen molar-refractivity contribution in [3.05, 3.63) is 0 Å². The fourth-order valence-corrected chi connectivity index (χ4v) is 1.86. The molecule has 0 heterocycles. The van der Waals surface area contributed by atoms with Crippen LogP contribution in [0.15, 0.2) is 0 Å². The van der Waals surface area contributed by atoms with E-state index in [2.05, 4.69) is 0 Å². The third-order valence-corrected chi connectivity index (χ3v) is 2.24. The summed E-state index contributed by atoms with van der Waals surface area (Å²) >= 11 is 1.94. The van der Waals surface area contributed by atoms with Crippen molar-refractivity contribution in [2.75, 3.05) is 6.61 Å². The molecular formula is C9H20INO3. The van der Waals surface area contributed by atoms with Crippen molar-refractivity contribution in [2.45, 2.75) is 44.9 Å². The summed E-state index contributed by atoms with van der Waals surface area (Å²) in [5.41, 5.74) is 5.70. The topological polar surface area (TPSA) is 75.7 Å². The molecule has 86 valence electrons. The third kappa shape index (κ3) is 10.6. The van der Waals surface area contributed by atoms with Gasteiger partial charge in [-0.15, -0.1) is 0 Å². The first kappa shape index (κ1) is 14.6. The molecule has 1 aliphatic rings. The van der Waals surface area contributed by atoms with Crippen LogP contribution in [0.3, 0.4) is 0 Å². The molecule has 0 saturated heterocycles. The molecule has 0 aromatic carbocycles. The van der Waals surface area contributed by atoms with Crippen LogP contribution in [0.1, 0.15) is 33.1 Å². The number of rotatable bonds is 2. The number of halogens is 1. The second-order valence-electron chi connectivity index (χ2n) is 4.21. The van der Waals surface area contributed by atoms with E-state index in [4.69, 9.17) is 19.0 Å². The van der Waals surface area contributed by atoms with Crippen molar-refractivity contribution in [2.24, 2.45) is 11.7 Å². The molecule has 0 spiro atoms. The minimum Gasteiger partial charge on any atom is -0.366 e. The van der Waals surface area contributed by atoms with Crippen molar-refractivity contribution in [3.8, 4) is 0 Å². The normalized spacial score (nSPS) is 27.0. The molecule has 0 aromatic rings. The third-order valence-electron chi connectivity index (χ3n) is 1.88. The lowest BCUT2D eigenvalue weighted by Gasteiger charge is -2.04. The van der Waals surface area contributed by atoms with Crippen LogP contribution in [-0.4, -0.2) is 28.6 Å². The van der Waals surface area contributed by atoms with Crippen molar-refractivity contribution >= 4 is 23.0 Å². The number of hydrogen-bond donors (Lipinski definition) is 3. The van der Waals surface area contributed by atoms with Gasteiger partial charge in [-0.1, -0.05) is 0 Å². The lowest BCUT2D eigenvalue weighted by atomic mass is 10.1. The first-order valence-corrected chi connectivity index (χ1v) is 5.65. The van der Waals surface area contributed by atoms with Gasteiger partial charge < -0.3 is 19.0 Å². The first-order valence-electron chi connectivity index (χ1n) is 4.76. The summed E-state index contributed by atoms with van der Waals surface area (Å²) < 4.78 is 4.99. The van der Waals surface area contributed by atoms with Crippen molar-refractivity contribution in [1.82, 2.24) is 0 Å². The maximum Gasteiger partial charge on any atom is 0.156 e. The van der Waals surface area contributed by atoms with Gasteiger partial charge in [-0.25, -0.2) is 0 Å². The van der Waals surface area contributed by atoms with Gasteiger partial charge in [0.05, 0.1) is 6.61 Å². The number of aliphatic hydroxyl groups is 2. The van der Waals surface area contributed by atoms with Gasteiger partial charge in [0.25, 0.3) is 0 Å². The Morgan fingerprint density at radius 1 is 1.43 bits per heavy atom. The minimum absolute atomic E-state index is 0.446. The average molecular weight is 317 g/mol. The van der Waals surface area contributed by atoms with E-state index in [1.807, 2.05) is 23.0 Å². The highest BCUT2D eigenvalue weighted by Gasteiger charge is 2.21. The van der Waals surface area contributed by atoms with E-state index in [0.29, 0.717) is 6.04 Å². The molecule has 1 saturated carbocycles. The van der Waals surface area contributed by atoms with Crippen LogP contribution in [0.5, 0.6) is 0 Å². The Bertz CT molecular complexity index is 141. The summed E-state index contributed by atoms with van der Waals surface area (Å²) in [5, 5.41) is 16.2. The van der Waals surface area contributed by atoms with Gasteiger partial charge in [-0.2, -0.15) is 0 Å². The Morgan fingerprint density at radius 2 is 1.93 bits per heavy atom. The van der Waals surface area contributed by atoms with Gasteiger partial charge in [0.2, 0.25) is 0 Å². The van der Waals surface area contributed by atoms with E-state index in [1.54, 1.807) is 0 Å². The van der Waals surface area contributed by atoms with E-state index < -0.39 is 5.79 Å². The molecule has 0 radical (unpaired) electrons. The second-order valence-corrected chi connectivity index (χ2v) is 4.83. The number of nitrogens with two attached hydrogens (primary N) is 1. The SMILES string of the molecule is CC(C)(O)O.NC1CCC(COI)C1. The van der Waals surface area contributed by atoms with Gasteiger partial charge in [0.15, 0.2) is 5.79 Å². The number of hydrogen-bond acceptors (Lipinski definition) is 4. The van der Waals surface area contributed by atoms with Gasteiger partial charge >= 0.3 is 0 Å². The quantitative estimate of drug-likeness (QED) is 0.528. The Kier molecular flexibility index (Phi) is 7.23. The van der Waals surface area contributed by atoms with Crippen LogP contribution in [-0.2, 0) is 3.07 Å². The zero-order valence-electron chi connectivity index (χ0n) is 8.74. The summed E-state index contributed by atoms with van der Waals surface area (Å²) in [6.45, 7) is 3.48. The standard InChI is InChI=1S/C6H12INO.C3H8O2/c7-9-4-5-1-2-6(8)3-5;1-3(2,4)5/h5-6H,1-4,8H2;4-5H,1-2H3. The Labute approximate surface area is 99.5 Å². The van der Waals surface area contributed by atoms with E-state index in [9.17, 15) is 0 Å². The highest BCUT2D eigenvalue weighted by molar-refractivity contribution is 14.1. The van der Waals surface area contributed by atoms with Crippen LogP contribution in [0.4, 0.5) is 0 Å². The van der Waals surface area contributed by atoms with Gasteiger partial charge in [0, 0.05) is 6.04 Å². The van der Waals surface area contributed by atoms with Gasteiger partial charge in [0.1, 0.15) is 23.0 Å². The molecule has 4 nitrogen and oxygen atoms in total. The molecule has 0 aliphatic heterocycles. The predicted octanol–water partition coefficient (Wildman–Crippen LogP) is 1.19. The molecule has 1 aliphatic carbocycles. The predicted molar refractivity (Wildman–Crippen MR) is 63.8 cm³/mol. The summed E-state index contributed by atoms with van der Waals surface area (Å²) in [6.07, 6.45) is 3.60. The fourth-order valence-electron chi connectivity index (χ4n) is 1.35. The molecule has 1 rings (SSSR count). The molecule has 5 heteroatoms. The van der Waals surface area contributed by atoms with Crippen LogP contribution in [0.25, 0.3) is 0 Å². The van der Waals surface area contributed by atoms with Gasteiger partial charge in [-0.3, -0.25) is 0 Å². The molecule has 4 N–H and O–H groups in total. The lowest BCUT2D eigenvalue weighted by Crippen LogP contribution is -2.15. The highest BCUT2D eigenvalue weighted by atomic mass is 127. The zero-order chi connectivity index (χ0) is 11.2. The van der Waals surface area contributed by atoms with Crippen molar-refractivity contribution in [3.63, 3.8) is 0 Å². The summed E-state index contributed by atoms with van der Waals surface area (Å²) in [7, 11) is 0. The second kappa shape index (κ2) is 6.95. The Balaban J connectivity index is 0.000000292. The van der Waals surface area contributed by atoms with Gasteiger partial charge in [-0.05, 0) is 39.0 Å². The van der Waals surface area contributed by atoms with Crippen LogP contribution in [0.2, 0.25) is 0 Å². The molecule has 14 heavy (non-hydrogen) atoms. The summed E-state index contributed by atoms with van der Waals surface area (Å²) in [6, 6.07) is 0.446. The largest absolute Gasteiger partial charge is 0.366 e. The average Bonchev–Trinajstić information content (AvgIpc) is 2.32. The molecule has 2 atom stereocenters. The molecule has 0 aromatic heterocycles. The van der Waals surface area contributed by atoms with E-state index in [0.717, 1.165) is 18.9 Å². The summed E-state index contributed by atoms with van der Waals surface area (Å²) in [4.78, 5) is 0. The Morgan fingerprint density at radius 3 is 2.21 bits per heavy atom. The van der Waals surface area contributed by atoms with E-state index >= 15 is 0 Å². The highest BCUT2D eigenvalue weighted by Crippen LogP contribution is 2.24. The van der Waals surface area contributed by atoms with E-state index in [-0.39, 0.29) is 0 Å². The molecule has 2 unspecified atom stereocenters. The lowest BCUT2D eigenvalue weighted by molar-refractivity contribution is -0.127. The maximum absolute atomic E-state index is 8.08. The fraction of sp³-hybridized carbons (Fsp3) is 1.00. The maximum atomic E-state index is 8.08. The molecule has 0 amide bonds. The monoisotopic (exact) mass is 317 g/mol. The van der Waals surface area contributed by atoms with E-state index in [1.165, 1.54) is 26.7 Å². The van der Waals surface area contributed by atoms with Crippen LogP contribution in [0, 0.1) is 5.92 Å². The van der Waals surface area contributed by atoms with Crippen LogP contribution < -0.4 is 5.73 Å². The molecular weight excluding hydrogens is 297 g/mol. The smallest absolute Gasteiger partial charge is 0.156 e. The van der Waals surface area contributed by atoms with Crippen LogP contribution >= 0.6 is 23.0 Å². The molecule has 1 fully saturated rings. The van der Waals surface area contributed by atoms with Crippen molar-refractivity contribution < 1.29 is 13.3 Å².